The van der Waals surface area contributed by atoms with E-state index in [1.165, 1.54) is 16.5 Å². The molecule has 4 aromatic rings. The minimum absolute atomic E-state index is 0.233. The molecule has 3 aliphatic rings. The third-order valence-corrected chi connectivity index (χ3v) is 8.93. The summed E-state index contributed by atoms with van der Waals surface area (Å²) >= 11 is 13.1. The van der Waals surface area contributed by atoms with Crippen LogP contribution in [0.1, 0.15) is 54.9 Å². The van der Waals surface area contributed by atoms with Gasteiger partial charge in [-0.05, 0) is 79.8 Å². The molecular formula is C29H28Cl2N4O. The number of aromatic nitrogens is 3. The van der Waals surface area contributed by atoms with E-state index < -0.39 is 0 Å². The van der Waals surface area contributed by atoms with Gasteiger partial charge in [-0.3, -0.25) is 0 Å². The van der Waals surface area contributed by atoms with Crippen molar-refractivity contribution in [3.8, 4) is 11.3 Å². The number of rotatable bonds is 4. The van der Waals surface area contributed by atoms with Gasteiger partial charge in [0.25, 0.3) is 0 Å². The largest absolute Gasteiger partial charge is 0.360 e. The average Bonchev–Trinajstić information content (AvgIpc) is 3.55. The van der Waals surface area contributed by atoms with Gasteiger partial charge in [0.15, 0.2) is 0 Å². The van der Waals surface area contributed by atoms with E-state index >= 15 is 0 Å². The lowest BCUT2D eigenvalue weighted by Crippen LogP contribution is -2.42. The molecule has 184 valence electrons. The van der Waals surface area contributed by atoms with Crippen LogP contribution in [0.25, 0.3) is 27.9 Å². The molecule has 0 bridgehead atoms. The quantitative estimate of drug-likeness (QED) is 0.276. The molecule has 1 spiro atoms. The second-order valence-corrected chi connectivity index (χ2v) is 11.6. The summed E-state index contributed by atoms with van der Waals surface area (Å²) in [6.45, 7) is 4.16. The summed E-state index contributed by atoms with van der Waals surface area (Å²) in [4.78, 5) is 7.43. The van der Waals surface area contributed by atoms with Crippen molar-refractivity contribution in [2.75, 3.05) is 18.0 Å². The predicted octanol–water partition coefficient (Wildman–Crippen LogP) is 7.79. The zero-order chi connectivity index (χ0) is 24.6. The van der Waals surface area contributed by atoms with Gasteiger partial charge in [-0.15, -0.1) is 0 Å². The lowest BCUT2D eigenvalue weighted by Gasteiger charge is -2.46. The molecule has 0 amide bonds. The minimum Gasteiger partial charge on any atom is -0.360 e. The van der Waals surface area contributed by atoms with Crippen LogP contribution >= 0.6 is 23.2 Å². The van der Waals surface area contributed by atoms with E-state index in [-0.39, 0.29) is 5.41 Å². The fourth-order valence-electron chi connectivity index (χ4n) is 6.13. The van der Waals surface area contributed by atoms with Crippen LogP contribution in [0.3, 0.4) is 0 Å². The molecule has 1 saturated carbocycles. The molecule has 1 aromatic carbocycles. The average molecular weight is 519 g/mol. The first kappa shape index (κ1) is 22.4. The molecule has 36 heavy (non-hydrogen) atoms. The fraction of sp³-hybridized carbons (Fsp3) is 0.379. The highest BCUT2D eigenvalue weighted by Gasteiger charge is 2.44. The zero-order valence-electron chi connectivity index (χ0n) is 20.5. The monoisotopic (exact) mass is 518 g/mol. The number of anilines is 1. The predicted molar refractivity (Wildman–Crippen MR) is 146 cm³/mol. The molecule has 1 saturated heterocycles. The smallest absolute Gasteiger partial charge is 0.147 e. The molecule has 7 heteroatoms. The van der Waals surface area contributed by atoms with Gasteiger partial charge in [-0.25, -0.2) is 4.98 Å². The minimum atomic E-state index is 0.233. The van der Waals surface area contributed by atoms with E-state index in [4.69, 9.17) is 32.7 Å². The van der Waals surface area contributed by atoms with Gasteiger partial charge in [-0.2, -0.15) is 0 Å². The topological polar surface area (TPSA) is 47.1 Å². The maximum atomic E-state index is 6.57. The molecule has 2 fully saturated rings. The SMILES string of the molecule is Cc1cn(C)c2nc(N3CCC4(C=C(c5c(-c6c(Cl)cccc6Cl)noc5C5CC5)C4)CC3)ccc12. The first-order valence-corrected chi connectivity index (χ1v) is 13.5. The Bertz CT molecular complexity index is 1520. The van der Waals surface area contributed by atoms with Gasteiger partial charge in [-0.1, -0.05) is 40.5 Å². The molecule has 0 N–H and O–H groups in total. The molecule has 0 radical (unpaired) electrons. The fourth-order valence-corrected chi connectivity index (χ4v) is 6.70. The van der Waals surface area contributed by atoms with Crippen LogP contribution in [0.4, 0.5) is 5.82 Å². The van der Waals surface area contributed by atoms with Gasteiger partial charge in [0.05, 0.1) is 10.0 Å². The van der Waals surface area contributed by atoms with E-state index in [1.807, 2.05) is 18.2 Å². The van der Waals surface area contributed by atoms with Crippen molar-refractivity contribution in [3.63, 3.8) is 0 Å². The van der Waals surface area contributed by atoms with Crippen LogP contribution in [0.15, 0.2) is 47.1 Å². The first-order chi connectivity index (χ1) is 17.4. The highest BCUT2D eigenvalue weighted by Crippen LogP contribution is 2.56. The Morgan fingerprint density at radius 1 is 1.03 bits per heavy atom. The molecule has 7 rings (SSSR count). The molecule has 5 nitrogen and oxygen atoms in total. The number of halogens is 2. The molecular weight excluding hydrogens is 491 g/mol. The third-order valence-electron chi connectivity index (χ3n) is 8.30. The summed E-state index contributed by atoms with van der Waals surface area (Å²) < 4.78 is 8.04. The van der Waals surface area contributed by atoms with Gasteiger partial charge in [0, 0.05) is 48.8 Å². The van der Waals surface area contributed by atoms with Crippen molar-refractivity contribution in [3.05, 3.63) is 69.5 Å². The first-order valence-electron chi connectivity index (χ1n) is 12.8. The number of aryl methyl sites for hydroxylation is 2. The number of nitrogens with zero attached hydrogens (tertiary/aromatic N) is 4. The number of benzene rings is 1. The summed E-state index contributed by atoms with van der Waals surface area (Å²) in [6, 6.07) is 9.99. The van der Waals surface area contributed by atoms with Crippen LogP contribution in [0.5, 0.6) is 0 Å². The van der Waals surface area contributed by atoms with Crippen LogP contribution in [-0.2, 0) is 7.05 Å². The molecule has 2 aliphatic carbocycles. The van der Waals surface area contributed by atoms with Crippen LogP contribution in [-0.4, -0.2) is 27.8 Å². The zero-order valence-corrected chi connectivity index (χ0v) is 22.0. The summed E-state index contributed by atoms with van der Waals surface area (Å²) in [5, 5.41) is 6.94. The number of hydrogen-bond acceptors (Lipinski definition) is 4. The van der Waals surface area contributed by atoms with E-state index in [2.05, 4.69) is 53.0 Å². The molecule has 0 unspecified atom stereocenters. The van der Waals surface area contributed by atoms with E-state index in [9.17, 15) is 0 Å². The summed E-state index contributed by atoms with van der Waals surface area (Å²) in [6.07, 6.45) is 10.2. The molecule has 1 aliphatic heterocycles. The second-order valence-electron chi connectivity index (χ2n) is 10.8. The molecule has 4 heterocycles. The van der Waals surface area contributed by atoms with E-state index in [0.29, 0.717) is 16.0 Å². The van der Waals surface area contributed by atoms with Gasteiger partial charge in [0.1, 0.15) is 22.9 Å². The van der Waals surface area contributed by atoms with Crippen molar-refractivity contribution < 1.29 is 4.52 Å². The maximum absolute atomic E-state index is 6.57. The van der Waals surface area contributed by atoms with Crippen molar-refractivity contribution in [1.29, 1.82) is 0 Å². The number of fused-ring (bicyclic) bond motifs is 1. The Morgan fingerprint density at radius 2 is 1.75 bits per heavy atom. The van der Waals surface area contributed by atoms with E-state index in [1.54, 1.807) is 0 Å². The highest BCUT2D eigenvalue weighted by atomic mass is 35.5. The van der Waals surface area contributed by atoms with Crippen molar-refractivity contribution in [2.45, 2.75) is 44.9 Å². The summed E-state index contributed by atoms with van der Waals surface area (Å²) in [5.74, 6) is 2.55. The van der Waals surface area contributed by atoms with Crippen molar-refractivity contribution >= 4 is 45.6 Å². The van der Waals surface area contributed by atoms with Crippen LogP contribution in [0, 0.1) is 12.3 Å². The van der Waals surface area contributed by atoms with Crippen molar-refractivity contribution in [1.82, 2.24) is 14.7 Å². The summed E-state index contributed by atoms with van der Waals surface area (Å²) in [5.41, 5.74) is 6.59. The number of hydrogen-bond donors (Lipinski definition) is 0. The van der Waals surface area contributed by atoms with Gasteiger partial charge in [0.2, 0.25) is 0 Å². The van der Waals surface area contributed by atoms with E-state index in [0.717, 1.165) is 79.2 Å². The lowest BCUT2D eigenvalue weighted by molar-refractivity contribution is 0.277. The Hall–Kier alpha value is -2.76. The Balaban J connectivity index is 1.16. The second kappa shape index (κ2) is 8.12. The maximum Gasteiger partial charge on any atom is 0.147 e. The Morgan fingerprint density at radius 3 is 2.44 bits per heavy atom. The van der Waals surface area contributed by atoms with Gasteiger partial charge < -0.3 is 14.0 Å². The van der Waals surface area contributed by atoms with Crippen molar-refractivity contribution in [2.24, 2.45) is 12.5 Å². The standard InChI is InChI=1S/C29H28Cl2N4O/c1-17-16-34(2)28-20(17)8-9-23(32-28)35-12-10-29(11-13-35)14-19(15-29)24-26(33-36-27(24)18-6-7-18)25-21(30)4-3-5-22(25)31/h3-5,8-9,14,16,18H,6-7,10-13,15H2,1-2H3. The number of pyridine rings is 1. The Kier molecular flexibility index (Phi) is 5.06. The number of allylic oxidation sites excluding steroid dienone is 2. The summed E-state index contributed by atoms with van der Waals surface area (Å²) in [7, 11) is 2.07. The third kappa shape index (κ3) is 3.51. The normalized spacial score (nSPS) is 19.1. The molecule has 0 atom stereocenters. The lowest BCUT2D eigenvalue weighted by atomic mass is 9.63. The van der Waals surface area contributed by atoms with Gasteiger partial charge >= 0.3 is 0 Å². The number of piperidine rings is 1. The highest BCUT2D eigenvalue weighted by molar-refractivity contribution is 6.39. The van der Waals surface area contributed by atoms with Crippen LogP contribution in [0.2, 0.25) is 10.0 Å². The van der Waals surface area contributed by atoms with Crippen LogP contribution < -0.4 is 4.90 Å². The molecule has 3 aromatic heterocycles. The Labute approximate surface area is 220 Å².